The Hall–Kier alpha value is -1.80. The lowest BCUT2D eigenvalue weighted by molar-refractivity contribution is 0.519. The quantitative estimate of drug-likeness (QED) is 0.530. The van der Waals surface area contributed by atoms with Crippen molar-refractivity contribution in [2.75, 3.05) is 0 Å². The van der Waals surface area contributed by atoms with Gasteiger partial charge in [0, 0.05) is 23.2 Å². The van der Waals surface area contributed by atoms with Gasteiger partial charge in [0.15, 0.2) is 0 Å². The molecule has 1 unspecified atom stereocenters. The first-order chi connectivity index (χ1) is 12.5. The van der Waals surface area contributed by atoms with Crippen molar-refractivity contribution in [2.24, 2.45) is 5.92 Å². The van der Waals surface area contributed by atoms with E-state index in [9.17, 15) is 4.39 Å². The average Bonchev–Trinajstić information content (AvgIpc) is 2.65. The number of hydrogen-bond acceptors (Lipinski definition) is 1. The molecule has 0 aliphatic rings. The topological polar surface area (TPSA) is 12.0 Å². The van der Waals surface area contributed by atoms with E-state index in [1.165, 1.54) is 22.8 Å². The summed E-state index contributed by atoms with van der Waals surface area (Å²) in [5, 5.41) is 3.88. The molecule has 1 N–H and O–H groups in total. The predicted molar refractivity (Wildman–Crippen MR) is 110 cm³/mol. The maximum atomic E-state index is 14.1. The second-order valence-corrected chi connectivity index (χ2v) is 7.17. The summed E-state index contributed by atoms with van der Waals surface area (Å²) in [4.78, 5) is 0. The predicted octanol–water partition coefficient (Wildman–Crippen LogP) is 6.48. The minimum atomic E-state index is -0.244. The maximum absolute atomic E-state index is 14.1. The molecule has 0 amide bonds. The summed E-state index contributed by atoms with van der Waals surface area (Å²) in [5.74, 6) is -0.0577. The molecule has 0 aliphatic carbocycles. The molecule has 0 spiro atoms. The number of aryl methyl sites for hydroxylation is 2. The summed E-state index contributed by atoms with van der Waals surface area (Å²) < 4.78 is 14.1. The highest BCUT2D eigenvalue weighted by Crippen LogP contribution is 2.23. The molecule has 2 rings (SSSR count). The Morgan fingerprint density at radius 1 is 1.04 bits per heavy atom. The zero-order chi connectivity index (χ0) is 19.1. The molecule has 0 aliphatic heterocycles. The fraction of sp³-hybridized carbons (Fsp3) is 0.391. The molecule has 0 saturated carbocycles. The van der Waals surface area contributed by atoms with Crippen molar-refractivity contribution in [1.82, 2.24) is 5.32 Å². The number of allylic oxidation sites excluding steroid dienone is 1. The Balaban J connectivity index is 2.00. The molecular formula is C23H29ClFN. The van der Waals surface area contributed by atoms with Crippen molar-refractivity contribution >= 4 is 11.6 Å². The van der Waals surface area contributed by atoms with Gasteiger partial charge in [0.25, 0.3) is 0 Å². The van der Waals surface area contributed by atoms with Crippen molar-refractivity contribution in [3.05, 3.63) is 81.8 Å². The third-order valence-electron chi connectivity index (χ3n) is 5.02. The number of benzene rings is 2. The lowest BCUT2D eigenvalue weighted by atomic mass is 9.93. The van der Waals surface area contributed by atoms with Gasteiger partial charge in [-0.05, 0) is 60.1 Å². The number of halogens is 2. The molecule has 1 atom stereocenters. The first kappa shape index (κ1) is 20.5. The lowest BCUT2D eigenvalue weighted by Gasteiger charge is -2.20. The second kappa shape index (κ2) is 9.78. The third-order valence-corrected chi connectivity index (χ3v) is 5.25. The van der Waals surface area contributed by atoms with E-state index in [1.54, 1.807) is 12.1 Å². The number of hydrogen-bond donors (Lipinski definition) is 1. The summed E-state index contributed by atoms with van der Waals surface area (Å²) in [6, 6.07) is 11.6. The van der Waals surface area contributed by atoms with Crippen molar-refractivity contribution in [2.45, 2.75) is 53.0 Å². The molecule has 140 valence electrons. The van der Waals surface area contributed by atoms with Crippen LogP contribution in [0.3, 0.4) is 0 Å². The van der Waals surface area contributed by atoms with E-state index in [0.29, 0.717) is 17.0 Å². The molecule has 0 saturated heterocycles. The fourth-order valence-corrected chi connectivity index (χ4v) is 3.45. The summed E-state index contributed by atoms with van der Waals surface area (Å²) in [6.45, 7) is 11.4. The van der Waals surface area contributed by atoms with Gasteiger partial charge >= 0.3 is 0 Å². The van der Waals surface area contributed by atoms with Gasteiger partial charge in [-0.15, -0.1) is 0 Å². The minimum Gasteiger partial charge on any atom is -0.385 e. The molecule has 2 aromatic rings. The monoisotopic (exact) mass is 373 g/mol. The number of rotatable bonds is 9. The maximum Gasteiger partial charge on any atom is 0.127 e. The van der Waals surface area contributed by atoms with Crippen LogP contribution in [-0.2, 0) is 25.8 Å². The van der Waals surface area contributed by atoms with Gasteiger partial charge in [-0.3, -0.25) is 0 Å². The Kier molecular flexibility index (Phi) is 7.71. The Morgan fingerprint density at radius 3 is 2.35 bits per heavy atom. The standard InChI is InChI=1S/C23H29ClFN/c1-5-18-9-8-17(12-20(18)7-3)15-26-16(4)19(6-2)13-21-10-11-22(24)14-23(21)25/h8-12,14,19,26H,4-7,13,15H2,1-3H3. The fourth-order valence-electron chi connectivity index (χ4n) is 3.29. The van der Waals surface area contributed by atoms with E-state index >= 15 is 0 Å². The van der Waals surface area contributed by atoms with Crippen LogP contribution in [0.2, 0.25) is 5.02 Å². The van der Waals surface area contributed by atoms with Gasteiger partial charge in [-0.25, -0.2) is 4.39 Å². The molecule has 3 heteroatoms. The van der Waals surface area contributed by atoms with Crippen LogP contribution >= 0.6 is 11.6 Å². The first-order valence-electron chi connectivity index (χ1n) is 9.45. The molecule has 0 heterocycles. The highest BCUT2D eigenvalue weighted by molar-refractivity contribution is 6.30. The smallest absolute Gasteiger partial charge is 0.127 e. The molecular weight excluding hydrogens is 345 g/mol. The Labute approximate surface area is 162 Å². The van der Waals surface area contributed by atoms with Crippen molar-refractivity contribution < 1.29 is 4.39 Å². The second-order valence-electron chi connectivity index (χ2n) is 6.73. The zero-order valence-electron chi connectivity index (χ0n) is 16.0. The van der Waals surface area contributed by atoms with Crippen molar-refractivity contribution in [1.29, 1.82) is 0 Å². The molecule has 0 bridgehead atoms. The SMILES string of the molecule is C=C(NCc1ccc(CC)c(CC)c1)C(CC)Cc1ccc(Cl)cc1F. The molecule has 0 fully saturated rings. The van der Waals surface area contributed by atoms with Gasteiger partial charge in [0.05, 0.1) is 0 Å². The first-order valence-corrected chi connectivity index (χ1v) is 9.83. The van der Waals surface area contributed by atoms with Crippen LogP contribution in [0, 0.1) is 11.7 Å². The highest BCUT2D eigenvalue weighted by Gasteiger charge is 2.14. The van der Waals surface area contributed by atoms with Crippen LogP contribution in [0.1, 0.15) is 49.4 Å². The Bertz CT molecular complexity index is 754. The normalized spacial score (nSPS) is 12.0. The van der Waals surface area contributed by atoms with Crippen molar-refractivity contribution in [3.63, 3.8) is 0 Å². The Morgan fingerprint density at radius 2 is 1.73 bits per heavy atom. The largest absolute Gasteiger partial charge is 0.385 e. The van der Waals surface area contributed by atoms with E-state index in [4.69, 9.17) is 11.6 Å². The van der Waals surface area contributed by atoms with Gasteiger partial charge in [0.1, 0.15) is 5.82 Å². The molecule has 26 heavy (non-hydrogen) atoms. The zero-order valence-corrected chi connectivity index (χ0v) is 16.8. The van der Waals surface area contributed by atoms with Gasteiger partial charge in [0.2, 0.25) is 0 Å². The van der Waals surface area contributed by atoms with E-state index in [2.05, 4.69) is 50.9 Å². The molecule has 0 radical (unpaired) electrons. The summed E-state index contributed by atoms with van der Waals surface area (Å²) >= 11 is 5.84. The molecule has 0 aromatic heterocycles. The summed E-state index contributed by atoms with van der Waals surface area (Å²) in [7, 11) is 0. The molecule has 1 nitrogen and oxygen atoms in total. The summed E-state index contributed by atoms with van der Waals surface area (Å²) in [6.07, 6.45) is 3.64. The van der Waals surface area contributed by atoms with E-state index in [1.807, 2.05) is 0 Å². The average molecular weight is 374 g/mol. The van der Waals surface area contributed by atoms with Crippen molar-refractivity contribution in [3.8, 4) is 0 Å². The highest BCUT2D eigenvalue weighted by atomic mass is 35.5. The van der Waals surface area contributed by atoms with Gasteiger partial charge in [-0.1, -0.05) is 63.2 Å². The van der Waals surface area contributed by atoms with E-state index in [0.717, 1.165) is 31.5 Å². The minimum absolute atomic E-state index is 0.186. The van der Waals surface area contributed by atoms with Crippen LogP contribution < -0.4 is 5.32 Å². The lowest BCUT2D eigenvalue weighted by Crippen LogP contribution is -2.21. The summed E-state index contributed by atoms with van der Waals surface area (Å²) in [5.41, 5.74) is 5.73. The molecule has 2 aromatic carbocycles. The van der Waals surface area contributed by atoms with E-state index in [-0.39, 0.29) is 11.7 Å². The van der Waals surface area contributed by atoms with Crippen LogP contribution in [0.25, 0.3) is 0 Å². The third kappa shape index (κ3) is 5.35. The van der Waals surface area contributed by atoms with Crippen LogP contribution in [0.15, 0.2) is 48.7 Å². The van der Waals surface area contributed by atoms with Crippen LogP contribution in [0.5, 0.6) is 0 Å². The van der Waals surface area contributed by atoms with Gasteiger partial charge in [-0.2, -0.15) is 0 Å². The van der Waals surface area contributed by atoms with E-state index < -0.39 is 0 Å². The van der Waals surface area contributed by atoms with Gasteiger partial charge < -0.3 is 5.32 Å². The van der Waals surface area contributed by atoms with Crippen LogP contribution in [0.4, 0.5) is 4.39 Å². The number of nitrogens with one attached hydrogen (secondary N) is 1. The van der Waals surface area contributed by atoms with Crippen LogP contribution in [-0.4, -0.2) is 0 Å².